The van der Waals surface area contributed by atoms with Crippen LogP contribution >= 0.6 is 0 Å². The van der Waals surface area contributed by atoms with Crippen molar-refractivity contribution in [3.8, 4) is 0 Å². The van der Waals surface area contributed by atoms with Crippen LogP contribution in [0.2, 0.25) is 0 Å². The zero-order chi connectivity index (χ0) is 10.7. The molecule has 0 bridgehead atoms. The van der Waals surface area contributed by atoms with E-state index in [1.165, 1.54) is 51.7 Å². The minimum absolute atomic E-state index is 0.679. The van der Waals surface area contributed by atoms with E-state index in [1.54, 1.807) is 0 Å². The van der Waals surface area contributed by atoms with Crippen molar-refractivity contribution in [2.75, 3.05) is 19.6 Å². The second kappa shape index (κ2) is 5.31. The Kier molecular flexibility index (Phi) is 4.04. The Hall–Kier alpha value is -0.0800. The Morgan fingerprint density at radius 3 is 2.60 bits per heavy atom. The first-order chi connectivity index (χ1) is 7.24. The number of hydrogen-bond acceptors (Lipinski definition) is 2. The lowest BCUT2D eigenvalue weighted by atomic mass is 10.1. The van der Waals surface area contributed by atoms with Crippen LogP contribution in [0.15, 0.2) is 0 Å². The molecule has 1 aliphatic heterocycles. The van der Waals surface area contributed by atoms with Gasteiger partial charge in [-0.05, 0) is 58.0 Å². The molecule has 3 unspecified atom stereocenters. The molecule has 15 heavy (non-hydrogen) atoms. The van der Waals surface area contributed by atoms with Gasteiger partial charge in [-0.2, -0.15) is 0 Å². The second-order valence-electron chi connectivity index (χ2n) is 5.69. The molecule has 3 atom stereocenters. The van der Waals surface area contributed by atoms with E-state index in [0.29, 0.717) is 6.04 Å². The smallest absolute Gasteiger partial charge is 0.0169 e. The van der Waals surface area contributed by atoms with Gasteiger partial charge in [-0.15, -0.1) is 0 Å². The van der Waals surface area contributed by atoms with Crippen molar-refractivity contribution < 1.29 is 0 Å². The molecular weight excluding hydrogens is 184 g/mol. The molecule has 2 rings (SSSR count). The molecule has 1 N–H and O–H groups in total. The molecule has 0 aromatic rings. The van der Waals surface area contributed by atoms with Crippen LogP contribution in [0.25, 0.3) is 0 Å². The molecule has 1 saturated heterocycles. The van der Waals surface area contributed by atoms with Crippen molar-refractivity contribution in [1.82, 2.24) is 10.2 Å². The van der Waals surface area contributed by atoms with Gasteiger partial charge in [0.05, 0.1) is 0 Å². The molecule has 0 radical (unpaired) electrons. The van der Waals surface area contributed by atoms with Gasteiger partial charge in [0.1, 0.15) is 0 Å². The average Bonchev–Trinajstić information content (AvgIpc) is 2.77. The van der Waals surface area contributed by atoms with Gasteiger partial charge in [0, 0.05) is 18.6 Å². The maximum atomic E-state index is 3.79. The Balaban J connectivity index is 1.65. The molecule has 1 aliphatic carbocycles. The summed E-state index contributed by atoms with van der Waals surface area (Å²) in [5.74, 6) is 0.946. The van der Waals surface area contributed by atoms with Crippen LogP contribution in [-0.4, -0.2) is 36.6 Å². The number of nitrogens with one attached hydrogen (secondary N) is 1. The van der Waals surface area contributed by atoms with Gasteiger partial charge >= 0.3 is 0 Å². The summed E-state index contributed by atoms with van der Waals surface area (Å²) in [4.78, 5) is 2.61. The summed E-state index contributed by atoms with van der Waals surface area (Å²) in [6, 6.07) is 1.48. The van der Waals surface area contributed by atoms with E-state index in [0.717, 1.165) is 12.0 Å². The third kappa shape index (κ3) is 3.46. The number of likely N-dealkylation sites (tertiary alicyclic amines) is 1. The zero-order valence-corrected chi connectivity index (χ0v) is 10.3. The van der Waals surface area contributed by atoms with E-state index in [-0.39, 0.29) is 0 Å². The lowest BCUT2D eigenvalue weighted by molar-refractivity contribution is 0.285. The molecular formula is C13H26N2. The predicted octanol–water partition coefficient (Wildman–Crippen LogP) is 2.25. The van der Waals surface area contributed by atoms with Crippen molar-refractivity contribution in [3.63, 3.8) is 0 Å². The number of rotatable bonds is 4. The van der Waals surface area contributed by atoms with Gasteiger partial charge in [0.15, 0.2) is 0 Å². The minimum Gasteiger partial charge on any atom is -0.310 e. The third-order valence-electron chi connectivity index (χ3n) is 3.95. The molecule has 2 heteroatoms. The van der Waals surface area contributed by atoms with Gasteiger partial charge in [0.25, 0.3) is 0 Å². The summed E-state index contributed by atoms with van der Waals surface area (Å²) in [5, 5.41) is 3.79. The zero-order valence-electron chi connectivity index (χ0n) is 10.3. The fourth-order valence-corrected chi connectivity index (χ4v) is 3.17. The highest BCUT2D eigenvalue weighted by Gasteiger charge is 2.23. The second-order valence-corrected chi connectivity index (χ2v) is 5.69. The van der Waals surface area contributed by atoms with E-state index in [1.807, 2.05) is 0 Å². The van der Waals surface area contributed by atoms with Crippen LogP contribution in [0, 0.1) is 5.92 Å². The van der Waals surface area contributed by atoms with Gasteiger partial charge in [-0.1, -0.05) is 6.92 Å². The van der Waals surface area contributed by atoms with Crippen LogP contribution in [-0.2, 0) is 0 Å². The quantitative estimate of drug-likeness (QED) is 0.765. The fourth-order valence-electron chi connectivity index (χ4n) is 3.17. The van der Waals surface area contributed by atoms with Crippen molar-refractivity contribution in [3.05, 3.63) is 0 Å². The fraction of sp³-hybridized carbons (Fsp3) is 1.00. The SMILES string of the molecule is CC1CCC(NC(C)CN2CCCC2)C1. The molecule has 0 aromatic carbocycles. The van der Waals surface area contributed by atoms with Crippen LogP contribution in [0.5, 0.6) is 0 Å². The van der Waals surface area contributed by atoms with Crippen LogP contribution in [0.3, 0.4) is 0 Å². The van der Waals surface area contributed by atoms with E-state index < -0.39 is 0 Å². The number of hydrogen-bond donors (Lipinski definition) is 1. The predicted molar refractivity (Wildman–Crippen MR) is 65.1 cm³/mol. The van der Waals surface area contributed by atoms with Crippen LogP contribution in [0.1, 0.15) is 46.0 Å². The molecule has 88 valence electrons. The summed E-state index contributed by atoms with van der Waals surface area (Å²) >= 11 is 0. The van der Waals surface area contributed by atoms with E-state index >= 15 is 0 Å². The molecule has 0 spiro atoms. The van der Waals surface area contributed by atoms with Crippen LogP contribution in [0.4, 0.5) is 0 Å². The monoisotopic (exact) mass is 210 g/mol. The van der Waals surface area contributed by atoms with Gasteiger partial charge in [-0.3, -0.25) is 0 Å². The minimum atomic E-state index is 0.679. The Bertz CT molecular complexity index is 187. The average molecular weight is 210 g/mol. The first kappa shape index (κ1) is 11.4. The summed E-state index contributed by atoms with van der Waals surface area (Å²) < 4.78 is 0. The van der Waals surface area contributed by atoms with Crippen molar-refractivity contribution >= 4 is 0 Å². The van der Waals surface area contributed by atoms with Crippen molar-refractivity contribution in [1.29, 1.82) is 0 Å². The van der Waals surface area contributed by atoms with Gasteiger partial charge in [0.2, 0.25) is 0 Å². The Labute approximate surface area is 94.4 Å². The first-order valence-electron chi connectivity index (χ1n) is 6.72. The molecule has 0 amide bonds. The highest BCUT2D eigenvalue weighted by molar-refractivity contribution is 4.82. The van der Waals surface area contributed by atoms with E-state index in [4.69, 9.17) is 0 Å². The number of nitrogens with zero attached hydrogens (tertiary/aromatic N) is 1. The maximum Gasteiger partial charge on any atom is 0.0169 e. The van der Waals surface area contributed by atoms with E-state index in [9.17, 15) is 0 Å². The summed E-state index contributed by atoms with van der Waals surface area (Å²) in [7, 11) is 0. The molecule has 0 aromatic heterocycles. The maximum absolute atomic E-state index is 3.79. The van der Waals surface area contributed by atoms with Crippen LogP contribution < -0.4 is 5.32 Å². The van der Waals surface area contributed by atoms with Gasteiger partial charge in [-0.25, -0.2) is 0 Å². The summed E-state index contributed by atoms with van der Waals surface area (Å²) in [6.07, 6.45) is 7.03. The molecule has 1 heterocycles. The lowest BCUT2D eigenvalue weighted by Crippen LogP contribution is -2.42. The summed E-state index contributed by atoms with van der Waals surface area (Å²) in [5.41, 5.74) is 0. The normalized spacial score (nSPS) is 34.8. The molecule has 2 fully saturated rings. The largest absolute Gasteiger partial charge is 0.310 e. The summed E-state index contributed by atoms with van der Waals surface area (Å²) in [6.45, 7) is 8.64. The first-order valence-corrected chi connectivity index (χ1v) is 6.72. The Morgan fingerprint density at radius 1 is 1.27 bits per heavy atom. The standard InChI is InChI=1S/C13H26N2/c1-11-5-6-13(9-11)14-12(2)10-15-7-3-4-8-15/h11-14H,3-10H2,1-2H3. The molecule has 1 saturated carbocycles. The molecule has 2 nitrogen and oxygen atoms in total. The lowest BCUT2D eigenvalue weighted by Gasteiger charge is -2.24. The highest BCUT2D eigenvalue weighted by atomic mass is 15.2. The van der Waals surface area contributed by atoms with E-state index in [2.05, 4.69) is 24.1 Å². The topological polar surface area (TPSA) is 15.3 Å². The van der Waals surface area contributed by atoms with Gasteiger partial charge < -0.3 is 10.2 Å². The highest BCUT2D eigenvalue weighted by Crippen LogP contribution is 2.24. The third-order valence-corrected chi connectivity index (χ3v) is 3.95. The van der Waals surface area contributed by atoms with Crippen molar-refractivity contribution in [2.24, 2.45) is 5.92 Å². The Morgan fingerprint density at radius 2 is 2.00 bits per heavy atom. The van der Waals surface area contributed by atoms with Crippen molar-refractivity contribution in [2.45, 2.75) is 58.0 Å². The molecule has 2 aliphatic rings.